The molecule has 1 amide bonds. The number of aryl methyl sites for hydroxylation is 1. The van der Waals surface area contributed by atoms with Gasteiger partial charge in [0.2, 0.25) is 0 Å². The van der Waals surface area contributed by atoms with Gasteiger partial charge in [-0.2, -0.15) is 0 Å². The Morgan fingerprint density at radius 2 is 2.06 bits per heavy atom. The predicted octanol–water partition coefficient (Wildman–Crippen LogP) is 1.27. The highest BCUT2D eigenvalue weighted by molar-refractivity contribution is 6.32. The first-order valence-electron chi connectivity index (χ1n) is 5.04. The highest BCUT2D eigenvalue weighted by atomic mass is 19.1. The average Bonchev–Trinajstić information content (AvgIpc) is 2.31. The predicted molar refractivity (Wildman–Crippen MR) is 59.6 cm³/mol. The van der Waals surface area contributed by atoms with Crippen molar-refractivity contribution in [2.75, 3.05) is 14.2 Å². The van der Waals surface area contributed by atoms with Crippen LogP contribution in [0.1, 0.15) is 11.1 Å². The number of methoxy groups -OCH3 is 1. The lowest BCUT2D eigenvalue weighted by Gasteiger charge is -2.15. The van der Waals surface area contributed by atoms with E-state index >= 15 is 0 Å². The van der Waals surface area contributed by atoms with Crippen molar-refractivity contribution in [3.8, 4) is 0 Å². The van der Waals surface area contributed by atoms with Crippen molar-refractivity contribution in [3.05, 3.63) is 35.1 Å². The largest absolute Gasteiger partial charge is 0.462 e. The third-order valence-corrected chi connectivity index (χ3v) is 2.35. The van der Waals surface area contributed by atoms with Gasteiger partial charge in [-0.1, -0.05) is 12.1 Å². The van der Waals surface area contributed by atoms with Gasteiger partial charge < -0.3 is 9.64 Å². The van der Waals surface area contributed by atoms with E-state index in [1.54, 1.807) is 19.1 Å². The van der Waals surface area contributed by atoms with Gasteiger partial charge in [0.05, 0.1) is 7.11 Å². The molecule has 0 radical (unpaired) electrons. The van der Waals surface area contributed by atoms with Crippen LogP contribution in [0.3, 0.4) is 0 Å². The summed E-state index contributed by atoms with van der Waals surface area (Å²) in [7, 11) is 2.63. The van der Waals surface area contributed by atoms with Crippen molar-refractivity contribution < 1.29 is 18.7 Å². The van der Waals surface area contributed by atoms with Gasteiger partial charge in [0.15, 0.2) is 0 Å². The Morgan fingerprint density at radius 1 is 1.41 bits per heavy atom. The lowest BCUT2D eigenvalue weighted by molar-refractivity contribution is -0.157. The summed E-state index contributed by atoms with van der Waals surface area (Å²) in [5.41, 5.74) is 1.25. The van der Waals surface area contributed by atoms with Crippen LogP contribution in [-0.2, 0) is 20.9 Å². The zero-order valence-electron chi connectivity index (χ0n) is 9.99. The number of rotatable bonds is 2. The standard InChI is InChI=1S/C12H14FNO3/c1-8-6-9(4-5-10(8)13)7-14(2)11(15)12(16)17-3/h4-6H,7H2,1-3H3. The van der Waals surface area contributed by atoms with E-state index in [0.29, 0.717) is 5.56 Å². The molecule has 0 N–H and O–H groups in total. The Hall–Kier alpha value is -1.91. The maximum atomic E-state index is 13.0. The molecule has 0 aliphatic rings. The highest BCUT2D eigenvalue weighted by Gasteiger charge is 2.19. The van der Waals surface area contributed by atoms with Gasteiger partial charge in [-0.05, 0) is 24.1 Å². The molecule has 0 fully saturated rings. The molecule has 0 heterocycles. The Labute approximate surface area is 99.0 Å². The van der Waals surface area contributed by atoms with E-state index in [1.165, 1.54) is 18.0 Å². The molecule has 1 rings (SSSR count). The molecule has 0 saturated carbocycles. The molecule has 0 bridgehead atoms. The summed E-state index contributed by atoms with van der Waals surface area (Å²) < 4.78 is 17.3. The van der Waals surface area contributed by atoms with E-state index in [2.05, 4.69) is 4.74 Å². The fourth-order valence-electron chi connectivity index (χ4n) is 1.39. The van der Waals surface area contributed by atoms with Gasteiger partial charge in [-0.25, -0.2) is 9.18 Å². The SMILES string of the molecule is COC(=O)C(=O)N(C)Cc1ccc(F)c(C)c1. The summed E-state index contributed by atoms with van der Waals surface area (Å²) in [5.74, 6) is -1.93. The number of halogens is 1. The van der Waals surface area contributed by atoms with Crippen molar-refractivity contribution in [1.82, 2.24) is 4.90 Å². The minimum atomic E-state index is -0.911. The molecule has 5 heteroatoms. The molecule has 0 atom stereocenters. The maximum Gasteiger partial charge on any atom is 0.396 e. The van der Waals surface area contributed by atoms with Gasteiger partial charge in [0.1, 0.15) is 5.82 Å². The lowest BCUT2D eigenvalue weighted by atomic mass is 10.1. The Bertz CT molecular complexity index is 445. The molecule has 1 aromatic carbocycles. The Balaban J connectivity index is 2.74. The number of nitrogens with zero attached hydrogens (tertiary/aromatic N) is 1. The molecule has 0 spiro atoms. The first kappa shape index (κ1) is 13.2. The van der Waals surface area contributed by atoms with Crippen molar-refractivity contribution in [3.63, 3.8) is 0 Å². The minimum Gasteiger partial charge on any atom is -0.462 e. The maximum absolute atomic E-state index is 13.0. The number of carbonyl (C=O) groups is 2. The third kappa shape index (κ3) is 3.27. The third-order valence-electron chi connectivity index (χ3n) is 2.35. The van der Waals surface area contributed by atoms with Crippen LogP contribution in [0.5, 0.6) is 0 Å². The molecule has 92 valence electrons. The van der Waals surface area contributed by atoms with Crippen LogP contribution in [0.25, 0.3) is 0 Å². The lowest BCUT2D eigenvalue weighted by Crippen LogP contribution is -2.33. The van der Waals surface area contributed by atoms with Crippen LogP contribution >= 0.6 is 0 Å². The molecule has 1 aromatic rings. The van der Waals surface area contributed by atoms with E-state index in [-0.39, 0.29) is 12.4 Å². The fourth-order valence-corrected chi connectivity index (χ4v) is 1.39. The van der Waals surface area contributed by atoms with Crippen molar-refractivity contribution in [2.45, 2.75) is 13.5 Å². The van der Waals surface area contributed by atoms with Crippen LogP contribution in [0.2, 0.25) is 0 Å². The molecule has 0 aromatic heterocycles. The summed E-state index contributed by atoms with van der Waals surface area (Å²) in [6.45, 7) is 1.87. The number of hydrogen-bond acceptors (Lipinski definition) is 3. The van der Waals surface area contributed by atoms with Gasteiger partial charge in [0.25, 0.3) is 0 Å². The van der Waals surface area contributed by atoms with E-state index in [0.717, 1.165) is 12.7 Å². The van der Waals surface area contributed by atoms with Crippen LogP contribution in [0, 0.1) is 12.7 Å². The normalized spacial score (nSPS) is 9.88. The monoisotopic (exact) mass is 239 g/mol. The second-order valence-corrected chi connectivity index (χ2v) is 3.74. The summed E-state index contributed by atoms with van der Waals surface area (Å²) in [5, 5.41) is 0. The highest BCUT2D eigenvalue weighted by Crippen LogP contribution is 2.11. The number of carbonyl (C=O) groups excluding carboxylic acids is 2. The topological polar surface area (TPSA) is 46.6 Å². The van der Waals surface area contributed by atoms with Gasteiger partial charge in [-0.15, -0.1) is 0 Å². The van der Waals surface area contributed by atoms with E-state index in [9.17, 15) is 14.0 Å². The van der Waals surface area contributed by atoms with E-state index in [4.69, 9.17) is 0 Å². The molecular formula is C12H14FNO3. The molecule has 0 aliphatic carbocycles. The molecule has 0 saturated heterocycles. The van der Waals surface area contributed by atoms with Crippen molar-refractivity contribution in [1.29, 1.82) is 0 Å². The summed E-state index contributed by atoms with van der Waals surface area (Å²) in [6.07, 6.45) is 0. The molecule has 17 heavy (non-hydrogen) atoms. The second-order valence-electron chi connectivity index (χ2n) is 3.74. The fraction of sp³-hybridized carbons (Fsp3) is 0.333. The van der Waals surface area contributed by atoms with Crippen LogP contribution in [0.4, 0.5) is 4.39 Å². The number of ether oxygens (including phenoxy) is 1. The zero-order chi connectivity index (χ0) is 13.0. The van der Waals surface area contributed by atoms with Gasteiger partial charge in [0, 0.05) is 13.6 Å². The summed E-state index contributed by atoms with van der Waals surface area (Å²) in [6, 6.07) is 4.54. The average molecular weight is 239 g/mol. The zero-order valence-corrected chi connectivity index (χ0v) is 9.99. The smallest absolute Gasteiger partial charge is 0.396 e. The van der Waals surface area contributed by atoms with E-state index in [1.807, 2.05) is 0 Å². The van der Waals surface area contributed by atoms with Gasteiger partial charge in [-0.3, -0.25) is 4.79 Å². The van der Waals surface area contributed by atoms with Crippen LogP contribution in [0.15, 0.2) is 18.2 Å². The first-order chi connectivity index (χ1) is 7.95. The molecular weight excluding hydrogens is 225 g/mol. The minimum absolute atomic E-state index is 0.231. The van der Waals surface area contributed by atoms with E-state index < -0.39 is 11.9 Å². The molecule has 0 aliphatic heterocycles. The number of likely N-dealkylation sites (N-methyl/N-ethyl adjacent to an activating group) is 1. The summed E-state index contributed by atoms with van der Waals surface area (Å²) in [4.78, 5) is 23.6. The Kier molecular flexibility index (Phi) is 4.20. The number of benzene rings is 1. The number of esters is 1. The number of hydrogen-bond donors (Lipinski definition) is 0. The molecule has 4 nitrogen and oxygen atoms in total. The molecule has 0 unspecified atom stereocenters. The van der Waals surface area contributed by atoms with Crippen molar-refractivity contribution >= 4 is 11.9 Å². The number of amides is 1. The quantitative estimate of drug-likeness (QED) is 0.576. The van der Waals surface area contributed by atoms with Crippen LogP contribution < -0.4 is 0 Å². The first-order valence-corrected chi connectivity index (χ1v) is 5.04. The second kappa shape index (κ2) is 5.43. The summed E-state index contributed by atoms with van der Waals surface area (Å²) >= 11 is 0. The van der Waals surface area contributed by atoms with Crippen LogP contribution in [-0.4, -0.2) is 30.9 Å². The Morgan fingerprint density at radius 3 is 2.59 bits per heavy atom. The van der Waals surface area contributed by atoms with Gasteiger partial charge >= 0.3 is 11.9 Å². The van der Waals surface area contributed by atoms with Crippen molar-refractivity contribution in [2.24, 2.45) is 0 Å².